The second-order valence-corrected chi connectivity index (χ2v) is 12.9. The Balaban J connectivity index is 1.99. The first-order chi connectivity index (χ1) is 12.6. The van der Waals surface area contributed by atoms with Crippen LogP contribution in [0, 0.1) is 17.3 Å². The van der Waals surface area contributed by atoms with E-state index in [0.717, 1.165) is 19.3 Å². The number of rotatable bonds is 9. The van der Waals surface area contributed by atoms with Crippen molar-refractivity contribution in [2.45, 2.75) is 94.8 Å². The van der Waals surface area contributed by atoms with Crippen LogP contribution in [-0.4, -0.2) is 44.8 Å². The van der Waals surface area contributed by atoms with E-state index in [1.165, 1.54) is 18.6 Å². The Hall–Kier alpha value is 0.130. The molecule has 0 aromatic rings. The van der Waals surface area contributed by atoms with E-state index in [9.17, 15) is 9.90 Å². The molecule has 5 heteroatoms. The predicted molar refractivity (Wildman–Crippen MR) is 119 cm³/mol. The van der Waals surface area contributed by atoms with Crippen LogP contribution >= 0.6 is 23.5 Å². The molecule has 3 nitrogen and oxygen atoms in total. The molecule has 3 unspecified atom stereocenters. The van der Waals surface area contributed by atoms with Crippen molar-refractivity contribution >= 4 is 29.5 Å². The first-order valence-electron chi connectivity index (χ1n) is 10.7. The van der Waals surface area contributed by atoms with E-state index < -0.39 is 5.41 Å². The fraction of sp³-hybridized carbons (Fsp3) is 0.955. The molecule has 0 spiro atoms. The van der Waals surface area contributed by atoms with Gasteiger partial charge in [0, 0.05) is 20.2 Å². The Morgan fingerprint density at radius 2 is 1.93 bits per heavy atom. The van der Waals surface area contributed by atoms with Crippen LogP contribution in [0.15, 0.2) is 0 Å². The topological polar surface area (TPSA) is 46.5 Å². The molecule has 2 heterocycles. The first kappa shape index (κ1) is 23.4. The van der Waals surface area contributed by atoms with Gasteiger partial charge in [0.15, 0.2) is 0 Å². The Labute approximate surface area is 175 Å². The van der Waals surface area contributed by atoms with Gasteiger partial charge in [-0.1, -0.05) is 34.6 Å². The third-order valence-corrected chi connectivity index (χ3v) is 11.4. The van der Waals surface area contributed by atoms with Gasteiger partial charge in [-0.3, -0.25) is 4.79 Å². The van der Waals surface area contributed by atoms with Crippen LogP contribution in [0.25, 0.3) is 0 Å². The zero-order chi connectivity index (χ0) is 20.3. The summed E-state index contributed by atoms with van der Waals surface area (Å²) >= 11 is 4.03. The number of hydrogen-bond acceptors (Lipinski definition) is 5. The molecule has 0 amide bonds. The highest BCUT2D eigenvalue weighted by molar-refractivity contribution is 8.02. The predicted octanol–water partition coefficient (Wildman–Crippen LogP) is 5.54. The van der Waals surface area contributed by atoms with E-state index in [0.29, 0.717) is 30.1 Å². The van der Waals surface area contributed by atoms with E-state index in [2.05, 4.69) is 41.5 Å². The molecule has 2 aliphatic rings. The Kier molecular flexibility index (Phi) is 8.06. The monoisotopic (exact) mass is 416 g/mol. The zero-order valence-corrected chi connectivity index (χ0v) is 19.8. The molecule has 0 aromatic heterocycles. The highest BCUT2D eigenvalue weighted by Crippen LogP contribution is 2.63. The lowest BCUT2D eigenvalue weighted by Crippen LogP contribution is -2.45. The van der Waals surface area contributed by atoms with Gasteiger partial charge in [0.2, 0.25) is 0 Å². The van der Waals surface area contributed by atoms with Gasteiger partial charge in [-0.05, 0) is 56.6 Å². The third kappa shape index (κ3) is 5.01. The first-order valence-corrected chi connectivity index (χ1v) is 12.5. The molecule has 2 fully saturated rings. The summed E-state index contributed by atoms with van der Waals surface area (Å²) in [6, 6.07) is 0. The van der Waals surface area contributed by atoms with Crippen LogP contribution in [0.4, 0.5) is 0 Å². The minimum absolute atomic E-state index is 0.0242. The molecular weight excluding hydrogens is 376 g/mol. The SMILES string of the molecule is CC(C)C1(C(C)C)CCC(C)(C(C)(CO)CC(=O)OCCC2CCCS2)S1. The normalized spacial score (nSPS) is 30.0. The van der Waals surface area contributed by atoms with Crippen LogP contribution in [-0.2, 0) is 9.53 Å². The lowest BCUT2D eigenvalue weighted by atomic mass is 9.71. The summed E-state index contributed by atoms with van der Waals surface area (Å²) in [6.07, 6.45) is 5.98. The van der Waals surface area contributed by atoms with Crippen LogP contribution in [0.2, 0.25) is 0 Å². The molecule has 0 aliphatic carbocycles. The summed E-state index contributed by atoms with van der Waals surface area (Å²) in [4.78, 5) is 12.6. The average Bonchev–Trinajstić information content (AvgIpc) is 3.23. The molecule has 0 radical (unpaired) electrons. The molecular formula is C22H40O3S2. The largest absolute Gasteiger partial charge is 0.466 e. The Morgan fingerprint density at radius 3 is 2.41 bits per heavy atom. The van der Waals surface area contributed by atoms with Gasteiger partial charge >= 0.3 is 5.97 Å². The highest BCUT2D eigenvalue weighted by atomic mass is 32.2. The van der Waals surface area contributed by atoms with Gasteiger partial charge in [-0.2, -0.15) is 11.8 Å². The molecule has 2 rings (SSSR count). The lowest BCUT2D eigenvalue weighted by molar-refractivity contribution is -0.147. The van der Waals surface area contributed by atoms with E-state index in [1.807, 2.05) is 23.5 Å². The van der Waals surface area contributed by atoms with Crippen molar-refractivity contribution in [2.24, 2.45) is 17.3 Å². The van der Waals surface area contributed by atoms with Crippen molar-refractivity contribution < 1.29 is 14.6 Å². The van der Waals surface area contributed by atoms with Crippen molar-refractivity contribution in [2.75, 3.05) is 19.0 Å². The lowest BCUT2D eigenvalue weighted by Gasteiger charge is -2.45. The highest BCUT2D eigenvalue weighted by Gasteiger charge is 2.57. The van der Waals surface area contributed by atoms with Crippen LogP contribution in [0.5, 0.6) is 0 Å². The minimum atomic E-state index is -0.456. The van der Waals surface area contributed by atoms with Crippen molar-refractivity contribution in [1.29, 1.82) is 0 Å². The summed E-state index contributed by atoms with van der Waals surface area (Å²) in [6.45, 7) is 14.1. The fourth-order valence-electron chi connectivity index (χ4n) is 4.82. The quantitative estimate of drug-likeness (QED) is 0.500. The van der Waals surface area contributed by atoms with Gasteiger partial charge < -0.3 is 9.84 Å². The van der Waals surface area contributed by atoms with Gasteiger partial charge in [0.1, 0.15) is 0 Å². The molecule has 0 aromatic carbocycles. The van der Waals surface area contributed by atoms with Crippen molar-refractivity contribution in [3.63, 3.8) is 0 Å². The molecule has 2 aliphatic heterocycles. The Morgan fingerprint density at radius 1 is 1.26 bits per heavy atom. The molecule has 3 atom stereocenters. The van der Waals surface area contributed by atoms with Crippen LogP contribution in [0.3, 0.4) is 0 Å². The maximum Gasteiger partial charge on any atom is 0.306 e. The van der Waals surface area contributed by atoms with E-state index in [4.69, 9.17) is 4.74 Å². The molecule has 158 valence electrons. The molecule has 27 heavy (non-hydrogen) atoms. The van der Waals surface area contributed by atoms with Crippen molar-refractivity contribution in [3.05, 3.63) is 0 Å². The van der Waals surface area contributed by atoms with E-state index in [1.54, 1.807) is 0 Å². The number of aliphatic hydroxyl groups excluding tert-OH is 1. The van der Waals surface area contributed by atoms with E-state index >= 15 is 0 Å². The summed E-state index contributed by atoms with van der Waals surface area (Å²) in [5.74, 6) is 2.23. The third-order valence-electron chi connectivity index (χ3n) is 7.25. The van der Waals surface area contributed by atoms with Crippen molar-refractivity contribution in [3.8, 4) is 0 Å². The zero-order valence-electron chi connectivity index (χ0n) is 18.2. The van der Waals surface area contributed by atoms with Gasteiger partial charge in [-0.15, -0.1) is 11.8 Å². The van der Waals surface area contributed by atoms with E-state index in [-0.39, 0.29) is 22.1 Å². The second kappa shape index (κ2) is 9.30. The number of carbonyl (C=O) groups is 1. The van der Waals surface area contributed by atoms with Crippen molar-refractivity contribution in [1.82, 2.24) is 0 Å². The summed E-state index contributed by atoms with van der Waals surface area (Å²) in [7, 11) is 0. The fourth-order valence-corrected chi connectivity index (χ4v) is 8.18. The number of esters is 1. The molecule has 0 saturated carbocycles. The number of thioether (sulfide) groups is 2. The molecule has 1 N–H and O–H groups in total. The maximum absolute atomic E-state index is 12.6. The maximum atomic E-state index is 12.6. The number of carbonyl (C=O) groups excluding carboxylic acids is 1. The number of hydrogen-bond donors (Lipinski definition) is 1. The Bertz CT molecular complexity index is 494. The number of ether oxygens (including phenoxy) is 1. The van der Waals surface area contributed by atoms with Gasteiger partial charge in [0.25, 0.3) is 0 Å². The number of aliphatic hydroxyl groups is 1. The average molecular weight is 417 g/mol. The van der Waals surface area contributed by atoms with Gasteiger partial charge in [-0.25, -0.2) is 0 Å². The minimum Gasteiger partial charge on any atom is -0.466 e. The second-order valence-electron chi connectivity index (χ2n) is 9.64. The molecule has 0 bridgehead atoms. The molecule has 2 saturated heterocycles. The standard InChI is InChI=1S/C22H40O3S2/c1-16(2)22(17(3)4)11-10-21(6,27-22)20(5,15-23)14-19(24)25-12-9-18-8-7-13-26-18/h16-18,23H,7-15H2,1-6H3. The van der Waals surface area contributed by atoms with Crippen LogP contribution < -0.4 is 0 Å². The smallest absolute Gasteiger partial charge is 0.306 e. The van der Waals surface area contributed by atoms with Crippen LogP contribution in [0.1, 0.15) is 80.1 Å². The summed E-state index contributed by atoms with van der Waals surface area (Å²) < 4.78 is 5.68. The van der Waals surface area contributed by atoms with Gasteiger partial charge in [0.05, 0.1) is 19.6 Å². The summed E-state index contributed by atoms with van der Waals surface area (Å²) in [5, 5.41) is 10.9. The summed E-state index contributed by atoms with van der Waals surface area (Å²) in [5.41, 5.74) is -0.456.